The van der Waals surface area contributed by atoms with Crippen molar-refractivity contribution in [1.29, 1.82) is 0 Å². The second-order valence-electron chi connectivity index (χ2n) is 3.66. The van der Waals surface area contributed by atoms with Crippen molar-refractivity contribution in [3.63, 3.8) is 0 Å². The molecule has 0 aromatic carbocycles. The van der Waals surface area contributed by atoms with Gasteiger partial charge in [-0.2, -0.15) is 0 Å². The largest absolute Gasteiger partial charge is 0.365 e. The predicted molar refractivity (Wildman–Crippen MR) is 57.7 cm³/mol. The van der Waals surface area contributed by atoms with Gasteiger partial charge in [-0.1, -0.05) is 0 Å². The molecule has 0 atom stereocenters. The van der Waals surface area contributed by atoms with Crippen LogP contribution < -0.4 is 5.73 Å². The normalized spacial score (nSPS) is 19.1. The van der Waals surface area contributed by atoms with Crippen molar-refractivity contribution in [2.75, 3.05) is 0 Å². The van der Waals surface area contributed by atoms with E-state index in [0.29, 0.717) is 6.54 Å². The number of rotatable bonds is 1. The second kappa shape index (κ2) is 3.05. The molecule has 2 nitrogen and oxygen atoms in total. The number of halogens is 1. The Bertz CT molecular complexity index is 346. The summed E-state index contributed by atoms with van der Waals surface area (Å²) < 4.78 is 6.85. The van der Waals surface area contributed by atoms with E-state index in [4.69, 9.17) is 10.5 Å². The fourth-order valence-corrected chi connectivity index (χ4v) is 3.85. The number of ether oxygens (including phenoxy) is 1. The zero-order chi connectivity index (χ0) is 9.64. The summed E-state index contributed by atoms with van der Waals surface area (Å²) >= 11 is 5.28. The van der Waals surface area contributed by atoms with Crippen molar-refractivity contribution < 1.29 is 4.74 Å². The van der Waals surface area contributed by atoms with Gasteiger partial charge >= 0.3 is 0 Å². The Balaban J connectivity index is 2.60. The van der Waals surface area contributed by atoms with Crippen LogP contribution in [0.15, 0.2) is 3.79 Å². The van der Waals surface area contributed by atoms with E-state index in [1.807, 2.05) is 0 Å². The minimum Gasteiger partial charge on any atom is -0.365 e. The van der Waals surface area contributed by atoms with E-state index in [1.165, 1.54) is 16.0 Å². The maximum atomic E-state index is 5.71. The average molecular weight is 262 g/mol. The summed E-state index contributed by atoms with van der Waals surface area (Å²) in [5.74, 6) is 0. The number of thiophene rings is 1. The molecule has 1 aliphatic heterocycles. The third-order valence-corrected chi connectivity index (χ3v) is 4.36. The Labute approximate surface area is 90.2 Å². The highest BCUT2D eigenvalue weighted by molar-refractivity contribution is 9.11. The van der Waals surface area contributed by atoms with Crippen LogP contribution in [0.1, 0.15) is 29.9 Å². The van der Waals surface area contributed by atoms with Gasteiger partial charge in [0.15, 0.2) is 0 Å². The molecule has 0 bridgehead atoms. The minimum absolute atomic E-state index is 0.160. The van der Waals surface area contributed by atoms with Gasteiger partial charge < -0.3 is 10.5 Å². The molecule has 1 aromatic heterocycles. The zero-order valence-corrected chi connectivity index (χ0v) is 10.1. The molecule has 1 aromatic rings. The fraction of sp³-hybridized carbons (Fsp3) is 0.556. The third-order valence-electron chi connectivity index (χ3n) is 2.40. The molecule has 0 aliphatic carbocycles. The van der Waals surface area contributed by atoms with Crippen LogP contribution in [0, 0.1) is 0 Å². The van der Waals surface area contributed by atoms with Crippen LogP contribution >= 0.6 is 27.3 Å². The van der Waals surface area contributed by atoms with Crippen molar-refractivity contribution >= 4 is 27.3 Å². The molecule has 0 spiro atoms. The molecule has 0 fully saturated rings. The van der Waals surface area contributed by atoms with E-state index in [2.05, 4.69) is 29.8 Å². The first-order chi connectivity index (χ1) is 6.06. The SMILES string of the molecule is CC1(C)OCc2sc(Br)c(CN)c21. The van der Waals surface area contributed by atoms with Crippen molar-refractivity contribution in [3.8, 4) is 0 Å². The zero-order valence-electron chi connectivity index (χ0n) is 7.69. The summed E-state index contributed by atoms with van der Waals surface area (Å²) in [5, 5.41) is 0. The Kier molecular flexibility index (Phi) is 2.27. The highest BCUT2D eigenvalue weighted by Crippen LogP contribution is 2.45. The summed E-state index contributed by atoms with van der Waals surface area (Å²) in [5.41, 5.74) is 8.06. The third kappa shape index (κ3) is 1.36. The predicted octanol–water partition coefficient (Wildman–Crippen LogP) is 2.73. The van der Waals surface area contributed by atoms with Crippen molar-refractivity contribution in [2.24, 2.45) is 5.73 Å². The molecule has 0 unspecified atom stereocenters. The molecule has 2 heterocycles. The number of hydrogen-bond acceptors (Lipinski definition) is 3. The van der Waals surface area contributed by atoms with Gasteiger partial charge in [0.2, 0.25) is 0 Å². The van der Waals surface area contributed by atoms with Crippen LogP contribution in [0.3, 0.4) is 0 Å². The summed E-state index contributed by atoms with van der Waals surface area (Å²) in [4.78, 5) is 1.32. The minimum atomic E-state index is -0.160. The Morgan fingerprint density at radius 3 is 2.92 bits per heavy atom. The van der Waals surface area contributed by atoms with Crippen LogP contribution in [0.5, 0.6) is 0 Å². The number of hydrogen-bond donors (Lipinski definition) is 1. The standard InChI is InChI=1S/C9H12BrNOS/c1-9(2)7-5(3-11)8(10)13-6(7)4-12-9/h3-4,11H2,1-2H3. The van der Waals surface area contributed by atoms with Gasteiger partial charge in [-0.05, 0) is 35.3 Å². The molecule has 2 rings (SSSR count). The topological polar surface area (TPSA) is 35.2 Å². The maximum absolute atomic E-state index is 5.71. The van der Waals surface area contributed by atoms with Crippen LogP contribution in [-0.2, 0) is 23.5 Å². The summed E-state index contributed by atoms with van der Waals surface area (Å²) in [6, 6.07) is 0. The van der Waals surface area contributed by atoms with E-state index in [0.717, 1.165) is 10.4 Å². The van der Waals surface area contributed by atoms with Gasteiger partial charge in [-0.15, -0.1) is 11.3 Å². The lowest BCUT2D eigenvalue weighted by Gasteiger charge is -2.19. The smallest absolute Gasteiger partial charge is 0.0895 e. The lowest BCUT2D eigenvalue weighted by Crippen LogP contribution is -2.17. The van der Waals surface area contributed by atoms with Gasteiger partial charge in [-0.3, -0.25) is 0 Å². The first kappa shape index (κ1) is 9.65. The van der Waals surface area contributed by atoms with Gasteiger partial charge in [0.25, 0.3) is 0 Å². The Morgan fingerprint density at radius 2 is 2.31 bits per heavy atom. The summed E-state index contributed by atoms with van der Waals surface area (Å²) in [7, 11) is 0. The molecular formula is C9H12BrNOS. The molecule has 72 valence electrons. The van der Waals surface area contributed by atoms with E-state index >= 15 is 0 Å². The highest BCUT2D eigenvalue weighted by Gasteiger charge is 2.35. The summed E-state index contributed by atoms with van der Waals surface area (Å²) in [6.07, 6.45) is 0. The lowest BCUT2D eigenvalue weighted by atomic mass is 9.97. The van der Waals surface area contributed by atoms with Gasteiger partial charge in [0.05, 0.1) is 16.0 Å². The second-order valence-corrected chi connectivity index (χ2v) is 6.08. The van der Waals surface area contributed by atoms with E-state index in [1.54, 1.807) is 11.3 Å². The van der Waals surface area contributed by atoms with Gasteiger partial charge in [0.1, 0.15) is 0 Å². The lowest BCUT2D eigenvalue weighted by molar-refractivity contribution is -0.00807. The number of nitrogens with two attached hydrogens (primary N) is 1. The van der Waals surface area contributed by atoms with Crippen LogP contribution in [-0.4, -0.2) is 0 Å². The number of fused-ring (bicyclic) bond motifs is 1. The molecule has 0 amide bonds. The maximum Gasteiger partial charge on any atom is 0.0895 e. The quantitative estimate of drug-likeness (QED) is 0.844. The van der Waals surface area contributed by atoms with Crippen molar-refractivity contribution in [2.45, 2.75) is 32.6 Å². The molecule has 13 heavy (non-hydrogen) atoms. The van der Waals surface area contributed by atoms with Crippen LogP contribution in [0.25, 0.3) is 0 Å². The van der Waals surface area contributed by atoms with E-state index in [-0.39, 0.29) is 5.60 Å². The average Bonchev–Trinajstić information content (AvgIpc) is 2.50. The fourth-order valence-electron chi connectivity index (χ4n) is 1.79. The molecule has 2 N–H and O–H groups in total. The molecule has 0 saturated carbocycles. The molecular weight excluding hydrogens is 250 g/mol. The highest BCUT2D eigenvalue weighted by atomic mass is 79.9. The summed E-state index contributed by atoms with van der Waals surface area (Å²) in [6.45, 7) is 5.50. The van der Waals surface area contributed by atoms with Crippen LogP contribution in [0.2, 0.25) is 0 Å². The van der Waals surface area contributed by atoms with E-state index < -0.39 is 0 Å². The molecule has 1 aliphatic rings. The van der Waals surface area contributed by atoms with Crippen LogP contribution in [0.4, 0.5) is 0 Å². The first-order valence-corrected chi connectivity index (χ1v) is 5.81. The van der Waals surface area contributed by atoms with Gasteiger partial charge in [0, 0.05) is 17.0 Å². The Morgan fingerprint density at radius 1 is 1.62 bits per heavy atom. The van der Waals surface area contributed by atoms with Crippen molar-refractivity contribution in [1.82, 2.24) is 0 Å². The molecule has 4 heteroatoms. The Hall–Kier alpha value is 0.1000. The van der Waals surface area contributed by atoms with E-state index in [9.17, 15) is 0 Å². The first-order valence-electron chi connectivity index (χ1n) is 4.21. The molecule has 0 radical (unpaired) electrons. The molecule has 0 saturated heterocycles. The monoisotopic (exact) mass is 261 g/mol. The van der Waals surface area contributed by atoms with Gasteiger partial charge in [-0.25, -0.2) is 0 Å². The van der Waals surface area contributed by atoms with Crippen molar-refractivity contribution in [3.05, 3.63) is 19.8 Å².